The lowest BCUT2D eigenvalue weighted by molar-refractivity contribution is -0.123. The van der Waals surface area contributed by atoms with Gasteiger partial charge in [-0.1, -0.05) is 48.7 Å². The van der Waals surface area contributed by atoms with Crippen LogP contribution >= 0.6 is 23.2 Å². The average Bonchev–Trinajstić information content (AvgIpc) is 2.60. The van der Waals surface area contributed by atoms with E-state index >= 15 is 0 Å². The number of carbonyl (C=O) groups is 1. The maximum atomic E-state index is 12.2. The molecule has 0 radical (unpaired) electrons. The Morgan fingerprint density at radius 3 is 2.42 bits per heavy atom. The predicted molar refractivity (Wildman–Crippen MR) is 101 cm³/mol. The van der Waals surface area contributed by atoms with Crippen LogP contribution in [-0.2, 0) is 21.2 Å². The first-order valence-corrected chi connectivity index (χ1v) is 10.0. The van der Waals surface area contributed by atoms with Gasteiger partial charge < -0.3 is 4.74 Å². The number of hydrogen-bond donors (Lipinski definition) is 2. The maximum Gasteiger partial charge on any atom is 0.272 e. The van der Waals surface area contributed by atoms with Crippen molar-refractivity contribution in [2.24, 2.45) is 0 Å². The molecule has 0 unspecified atom stereocenters. The summed E-state index contributed by atoms with van der Waals surface area (Å²) in [6.45, 7) is 1.63. The molecule has 0 fully saturated rings. The summed E-state index contributed by atoms with van der Waals surface area (Å²) in [5, 5.41) is 0.683. The minimum absolute atomic E-state index is 0.0549. The van der Waals surface area contributed by atoms with Crippen LogP contribution in [0.15, 0.2) is 47.4 Å². The Kier molecular flexibility index (Phi) is 7.28. The summed E-state index contributed by atoms with van der Waals surface area (Å²) >= 11 is 11.7. The second-order valence-corrected chi connectivity index (χ2v) is 7.94. The zero-order valence-corrected chi connectivity index (χ0v) is 16.3. The minimum atomic E-state index is -3.86. The van der Waals surface area contributed by atoms with Crippen molar-refractivity contribution in [1.29, 1.82) is 0 Å². The van der Waals surface area contributed by atoms with Crippen molar-refractivity contribution < 1.29 is 17.9 Å². The first-order valence-electron chi connectivity index (χ1n) is 7.79. The summed E-state index contributed by atoms with van der Waals surface area (Å²) in [6.07, 6.45) is 1.84. The van der Waals surface area contributed by atoms with Crippen LogP contribution in [0.2, 0.25) is 10.0 Å². The molecule has 0 aromatic heterocycles. The summed E-state index contributed by atoms with van der Waals surface area (Å²) < 4.78 is 29.6. The van der Waals surface area contributed by atoms with Crippen molar-refractivity contribution >= 4 is 39.1 Å². The number of hydrogen-bond acceptors (Lipinski definition) is 4. The van der Waals surface area contributed by atoms with Crippen LogP contribution in [-0.4, -0.2) is 20.9 Å². The number of amides is 1. The third-order valence-electron chi connectivity index (χ3n) is 3.35. The van der Waals surface area contributed by atoms with Gasteiger partial charge in [-0.15, -0.1) is 4.83 Å². The molecule has 0 spiro atoms. The van der Waals surface area contributed by atoms with E-state index in [0.717, 1.165) is 18.4 Å². The van der Waals surface area contributed by atoms with E-state index in [1.807, 2.05) is 11.8 Å². The molecule has 0 bridgehead atoms. The molecule has 2 N–H and O–H groups in total. The zero-order chi connectivity index (χ0) is 19.2. The van der Waals surface area contributed by atoms with Crippen LogP contribution in [0.25, 0.3) is 0 Å². The van der Waals surface area contributed by atoms with Crippen molar-refractivity contribution in [1.82, 2.24) is 10.3 Å². The van der Waals surface area contributed by atoms with Crippen molar-refractivity contribution in [3.63, 3.8) is 0 Å². The number of benzene rings is 2. The Bertz CT molecular complexity index is 871. The molecular formula is C17H18Cl2N2O4S. The lowest BCUT2D eigenvalue weighted by atomic mass is 10.1. The second kappa shape index (κ2) is 9.23. The lowest BCUT2D eigenvalue weighted by Gasteiger charge is -2.10. The highest BCUT2D eigenvalue weighted by atomic mass is 35.5. The van der Waals surface area contributed by atoms with Gasteiger partial charge in [-0.25, -0.2) is 8.42 Å². The number of sulfonamides is 1. The number of hydrazine groups is 1. The number of rotatable bonds is 8. The zero-order valence-electron chi connectivity index (χ0n) is 14.0. The lowest BCUT2D eigenvalue weighted by Crippen LogP contribution is -2.43. The normalized spacial score (nSPS) is 11.2. The molecule has 26 heavy (non-hydrogen) atoms. The molecule has 9 heteroatoms. The third-order valence-corrected chi connectivity index (χ3v) is 5.14. The van der Waals surface area contributed by atoms with Gasteiger partial charge in [0, 0.05) is 5.02 Å². The first-order chi connectivity index (χ1) is 12.3. The largest absolute Gasteiger partial charge is 0.482 e. The summed E-state index contributed by atoms with van der Waals surface area (Å²) in [7, 11) is -3.86. The predicted octanol–water partition coefficient (Wildman–Crippen LogP) is 3.33. The van der Waals surface area contributed by atoms with Gasteiger partial charge in [-0.2, -0.15) is 0 Å². The van der Waals surface area contributed by atoms with Crippen LogP contribution in [0, 0.1) is 0 Å². The molecule has 0 saturated heterocycles. The number of carbonyl (C=O) groups excluding carboxylic acids is 1. The molecule has 0 aliphatic rings. The molecule has 2 rings (SSSR count). The molecule has 0 atom stereocenters. The molecule has 1 amide bonds. The fourth-order valence-corrected chi connectivity index (χ4v) is 3.40. The minimum Gasteiger partial charge on any atom is -0.482 e. The molecule has 0 aliphatic heterocycles. The third kappa shape index (κ3) is 5.88. The maximum absolute atomic E-state index is 12.2. The molecule has 0 heterocycles. The van der Waals surface area contributed by atoms with Crippen LogP contribution in [0.4, 0.5) is 0 Å². The molecule has 0 saturated carbocycles. The molecule has 140 valence electrons. The Labute approximate surface area is 162 Å². The van der Waals surface area contributed by atoms with Gasteiger partial charge in [0.15, 0.2) is 6.61 Å². The van der Waals surface area contributed by atoms with Crippen LogP contribution in [0.3, 0.4) is 0 Å². The second-order valence-electron chi connectivity index (χ2n) is 5.41. The smallest absolute Gasteiger partial charge is 0.272 e. The van der Waals surface area contributed by atoms with Crippen LogP contribution < -0.4 is 15.0 Å². The van der Waals surface area contributed by atoms with Crippen molar-refractivity contribution in [2.45, 2.75) is 24.7 Å². The van der Waals surface area contributed by atoms with Gasteiger partial charge in [-0.05, 0) is 42.3 Å². The number of halogens is 2. The summed E-state index contributed by atoms with van der Waals surface area (Å²) in [5.74, 6) is -0.414. The van der Waals surface area contributed by atoms with Gasteiger partial charge in [0.05, 0.1) is 9.92 Å². The van der Waals surface area contributed by atoms with Gasteiger partial charge in [-0.3, -0.25) is 10.2 Å². The van der Waals surface area contributed by atoms with E-state index in [1.54, 1.807) is 18.2 Å². The van der Waals surface area contributed by atoms with Gasteiger partial charge in [0.1, 0.15) is 5.75 Å². The Hall–Kier alpha value is -1.80. The Morgan fingerprint density at radius 1 is 1.12 bits per heavy atom. The van der Waals surface area contributed by atoms with Crippen molar-refractivity contribution in [2.75, 3.05) is 6.61 Å². The highest BCUT2D eigenvalue weighted by molar-refractivity contribution is 7.89. The first kappa shape index (κ1) is 20.5. The van der Waals surface area contributed by atoms with E-state index in [4.69, 9.17) is 27.9 Å². The average molecular weight is 417 g/mol. The quantitative estimate of drug-likeness (QED) is 0.646. The standard InChI is InChI=1S/C17H18Cl2N2O4S/c1-2-3-12-4-7-14(8-5-12)26(23,24)21-20-17(22)11-25-16-9-6-13(18)10-15(16)19/h4-10,21H,2-3,11H2,1H3,(H,20,22). The number of nitrogens with one attached hydrogen (secondary N) is 2. The topological polar surface area (TPSA) is 84.5 Å². The molecular weight excluding hydrogens is 399 g/mol. The fourth-order valence-electron chi connectivity index (χ4n) is 2.08. The monoisotopic (exact) mass is 416 g/mol. The number of ether oxygens (including phenoxy) is 1. The number of aryl methyl sites for hydroxylation is 1. The van der Waals surface area contributed by atoms with Gasteiger partial charge in [0.25, 0.3) is 15.9 Å². The summed E-state index contributed by atoms with van der Waals surface area (Å²) in [5.41, 5.74) is 3.14. The van der Waals surface area contributed by atoms with E-state index in [1.165, 1.54) is 24.3 Å². The van der Waals surface area contributed by atoms with Gasteiger partial charge in [0.2, 0.25) is 0 Å². The van der Waals surface area contributed by atoms with E-state index < -0.39 is 22.5 Å². The molecule has 6 nitrogen and oxygen atoms in total. The Balaban J connectivity index is 1.89. The van der Waals surface area contributed by atoms with Crippen LogP contribution in [0.1, 0.15) is 18.9 Å². The van der Waals surface area contributed by atoms with E-state index in [-0.39, 0.29) is 15.7 Å². The van der Waals surface area contributed by atoms with E-state index in [2.05, 4.69) is 5.43 Å². The molecule has 0 aliphatic carbocycles. The fraction of sp³-hybridized carbons (Fsp3) is 0.235. The molecule has 2 aromatic carbocycles. The summed E-state index contributed by atoms with van der Waals surface area (Å²) in [4.78, 5) is 13.9. The van der Waals surface area contributed by atoms with Gasteiger partial charge >= 0.3 is 0 Å². The SMILES string of the molecule is CCCc1ccc(S(=O)(=O)NNC(=O)COc2ccc(Cl)cc2Cl)cc1. The Morgan fingerprint density at radius 2 is 1.81 bits per heavy atom. The highest BCUT2D eigenvalue weighted by Crippen LogP contribution is 2.27. The molecule has 2 aromatic rings. The van der Waals surface area contributed by atoms with E-state index in [0.29, 0.717) is 5.02 Å². The van der Waals surface area contributed by atoms with Crippen molar-refractivity contribution in [3.8, 4) is 5.75 Å². The van der Waals surface area contributed by atoms with E-state index in [9.17, 15) is 13.2 Å². The van der Waals surface area contributed by atoms with Crippen molar-refractivity contribution in [3.05, 3.63) is 58.1 Å². The van der Waals surface area contributed by atoms with Crippen LogP contribution in [0.5, 0.6) is 5.75 Å². The highest BCUT2D eigenvalue weighted by Gasteiger charge is 2.15. The summed E-state index contributed by atoms with van der Waals surface area (Å²) in [6, 6.07) is 11.0.